The molecule has 6 heteroatoms. The number of halogens is 1. The molecule has 0 spiro atoms. The van der Waals surface area contributed by atoms with E-state index in [1.807, 2.05) is 6.20 Å². The summed E-state index contributed by atoms with van der Waals surface area (Å²) >= 11 is 1.75. The maximum Gasteiger partial charge on any atom is 0.191 e. The van der Waals surface area contributed by atoms with Gasteiger partial charge in [0.05, 0.1) is 6.54 Å². The summed E-state index contributed by atoms with van der Waals surface area (Å²) in [6, 6.07) is 6.51. The van der Waals surface area contributed by atoms with Crippen molar-refractivity contribution < 1.29 is 0 Å². The Morgan fingerprint density at radius 2 is 1.96 bits per heavy atom. The van der Waals surface area contributed by atoms with E-state index in [0.717, 1.165) is 23.9 Å². The van der Waals surface area contributed by atoms with Crippen molar-refractivity contribution in [2.45, 2.75) is 40.3 Å². The third kappa shape index (κ3) is 6.10. The number of thiazole rings is 1. The zero-order valence-electron chi connectivity index (χ0n) is 14.1. The molecule has 0 aliphatic rings. The topological polar surface area (TPSA) is 49.3 Å². The molecule has 0 atom stereocenters. The van der Waals surface area contributed by atoms with Crippen molar-refractivity contribution in [2.24, 2.45) is 4.99 Å². The van der Waals surface area contributed by atoms with Crippen LogP contribution in [0.15, 0.2) is 29.4 Å². The molecule has 126 valence electrons. The van der Waals surface area contributed by atoms with Gasteiger partial charge in [-0.15, -0.1) is 35.3 Å². The van der Waals surface area contributed by atoms with Gasteiger partial charge in [-0.25, -0.2) is 4.98 Å². The van der Waals surface area contributed by atoms with Crippen molar-refractivity contribution in [1.82, 2.24) is 15.6 Å². The number of rotatable bonds is 5. The predicted molar refractivity (Wildman–Crippen MR) is 110 cm³/mol. The zero-order valence-corrected chi connectivity index (χ0v) is 17.3. The first-order valence-electron chi connectivity index (χ1n) is 7.56. The highest BCUT2D eigenvalue weighted by atomic mass is 127. The van der Waals surface area contributed by atoms with Gasteiger partial charge < -0.3 is 10.6 Å². The van der Waals surface area contributed by atoms with Crippen LogP contribution in [0, 0.1) is 13.8 Å². The molecule has 23 heavy (non-hydrogen) atoms. The number of aromatic nitrogens is 1. The molecule has 0 aliphatic heterocycles. The van der Waals surface area contributed by atoms with Crippen LogP contribution in [0.5, 0.6) is 0 Å². The van der Waals surface area contributed by atoms with E-state index in [2.05, 4.69) is 59.6 Å². The van der Waals surface area contributed by atoms with Crippen molar-refractivity contribution in [3.8, 4) is 0 Å². The fourth-order valence-electron chi connectivity index (χ4n) is 2.20. The standard InChI is InChI=1S/C17H24N4S.HI/c1-5-15-10-19-16(22-15)11-21-17(18-4)20-9-14-7-6-12(2)8-13(14)3;/h6-8,10H,5,9,11H2,1-4H3,(H2,18,20,21);1H. The van der Waals surface area contributed by atoms with Crippen LogP contribution in [-0.2, 0) is 19.5 Å². The van der Waals surface area contributed by atoms with Gasteiger partial charge in [-0.05, 0) is 31.4 Å². The summed E-state index contributed by atoms with van der Waals surface area (Å²) in [5, 5.41) is 7.75. The fraction of sp³-hybridized carbons (Fsp3) is 0.412. The fourth-order valence-corrected chi connectivity index (χ4v) is 3.00. The van der Waals surface area contributed by atoms with Gasteiger partial charge in [0, 0.05) is 24.7 Å². The molecule has 0 aliphatic carbocycles. The monoisotopic (exact) mass is 444 g/mol. The average Bonchev–Trinajstić information content (AvgIpc) is 2.97. The van der Waals surface area contributed by atoms with E-state index >= 15 is 0 Å². The Bertz CT molecular complexity index is 652. The number of nitrogens with one attached hydrogen (secondary N) is 2. The quantitative estimate of drug-likeness (QED) is 0.419. The molecule has 0 unspecified atom stereocenters. The SMILES string of the molecule is CCc1cnc(CNC(=NC)NCc2ccc(C)cc2C)s1.I. The van der Waals surface area contributed by atoms with Gasteiger partial charge in [0.2, 0.25) is 0 Å². The smallest absolute Gasteiger partial charge is 0.191 e. The van der Waals surface area contributed by atoms with E-state index in [4.69, 9.17) is 0 Å². The molecule has 0 saturated carbocycles. The normalized spacial score (nSPS) is 11.0. The lowest BCUT2D eigenvalue weighted by Crippen LogP contribution is -2.36. The summed E-state index contributed by atoms with van der Waals surface area (Å²) in [6.07, 6.45) is 2.99. The molecular formula is C17H25IN4S. The Morgan fingerprint density at radius 1 is 1.22 bits per heavy atom. The molecule has 2 rings (SSSR count). The van der Waals surface area contributed by atoms with Crippen LogP contribution in [0.1, 0.15) is 33.5 Å². The van der Waals surface area contributed by atoms with Crippen LogP contribution in [0.4, 0.5) is 0 Å². The van der Waals surface area contributed by atoms with Crippen LogP contribution < -0.4 is 10.6 Å². The van der Waals surface area contributed by atoms with E-state index in [0.29, 0.717) is 6.54 Å². The average molecular weight is 444 g/mol. The predicted octanol–water partition coefficient (Wildman–Crippen LogP) is 3.81. The summed E-state index contributed by atoms with van der Waals surface area (Å²) in [5.74, 6) is 0.799. The Kier molecular flexibility index (Phi) is 8.54. The van der Waals surface area contributed by atoms with Crippen LogP contribution in [0.2, 0.25) is 0 Å². The highest BCUT2D eigenvalue weighted by molar-refractivity contribution is 14.0. The molecule has 0 fully saturated rings. The molecule has 0 bridgehead atoms. The minimum absolute atomic E-state index is 0. The Labute approximate surface area is 159 Å². The lowest BCUT2D eigenvalue weighted by molar-refractivity contribution is 0.802. The summed E-state index contributed by atoms with van der Waals surface area (Å²) < 4.78 is 0. The van der Waals surface area contributed by atoms with E-state index in [1.165, 1.54) is 21.6 Å². The highest BCUT2D eigenvalue weighted by Gasteiger charge is 2.04. The molecule has 1 heterocycles. The van der Waals surface area contributed by atoms with Gasteiger partial charge in [0.15, 0.2) is 5.96 Å². The first-order chi connectivity index (χ1) is 10.6. The van der Waals surface area contributed by atoms with E-state index in [9.17, 15) is 0 Å². The first-order valence-corrected chi connectivity index (χ1v) is 8.38. The molecule has 2 aromatic rings. The largest absolute Gasteiger partial charge is 0.352 e. The minimum Gasteiger partial charge on any atom is -0.352 e. The first kappa shape index (κ1) is 19.9. The molecule has 0 saturated heterocycles. The van der Waals surface area contributed by atoms with Crippen molar-refractivity contribution >= 4 is 41.3 Å². The molecule has 4 nitrogen and oxygen atoms in total. The number of hydrogen-bond acceptors (Lipinski definition) is 3. The number of aliphatic imine (C=N–C) groups is 1. The zero-order chi connectivity index (χ0) is 15.9. The maximum atomic E-state index is 4.41. The molecule has 2 N–H and O–H groups in total. The minimum atomic E-state index is 0. The van der Waals surface area contributed by atoms with Crippen molar-refractivity contribution in [1.29, 1.82) is 0 Å². The van der Waals surface area contributed by atoms with Gasteiger partial charge in [0.1, 0.15) is 5.01 Å². The second-order valence-electron chi connectivity index (χ2n) is 5.28. The summed E-state index contributed by atoms with van der Waals surface area (Å²) in [5.41, 5.74) is 3.88. The number of nitrogens with zero attached hydrogens (tertiary/aromatic N) is 2. The van der Waals surface area contributed by atoms with Crippen molar-refractivity contribution in [3.05, 3.63) is 51.0 Å². The second kappa shape index (κ2) is 9.87. The Balaban J connectivity index is 0.00000264. The number of hydrogen-bond donors (Lipinski definition) is 2. The summed E-state index contributed by atoms with van der Waals surface area (Å²) in [6.45, 7) is 7.88. The van der Waals surface area contributed by atoms with Crippen LogP contribution >= 0.6 is 35.3 Å². The third-order valence-corrected chi connectivity index (χ3v) is 4.67. The van der Waals surface area contributed by atoms with Gasteiger partial charge in [0.25, 0.3) is 0 Å². The van der Waals surface area contributed by atoms with Gasteiger partial charge in [-0.1, -0.05) is 30.7 Å². The third-order valence-electron chi connectivity index (χ3n) is 3.52. The number of aryl methyl sites for hydroxylation is 3. The molecule has 1 aromatic heterocycles. The molecular weight excluding hydrogens is 419 g/mol. The van der Waals surface area contributed by atoms with E-state index in [-0.39, 0.29) is 24.0 Å². The molecule has 1 aromatic carbocycles. The Hall–Kier alpha value is -1.15. The number of guanidine groups is 1. The van der Waals surface area contributed by atoms with Crippen LogP contribution in [0.25, 0.3) is 0 Å². The van der Waals surface area contributed by atoms with Crippen molar-refractivity contribution in [2.75, 3.05) is 7.05 Å². The van der Waals surface area contributed by atoms with Crippen molar-refractivity contribution in [3.63, 3.8) is 0 Å². The van der Waals surface area contributed by atoms with Gasteiger partial charge in [-0.3, -0.25) is 4.99 Å². The second-order valence-corrected chi connectivity index (χ2v) is 6.48. The Morgan fingerprint density at radius 3 is 2.57 bits per heavy atom. The van der Waals surface area contributed by atoms with E-state index in [1.54, 1.807) is 18.4 Å². The van der Waals surface area contributed by atoms with Gasteiger partial charge >= 0.3 is 0 Å². The van der Waals surface area contributed by atoms with Gasteiger partial charge in [-0.2, -0.15) is 0 Å². The highest BCUT2D eigenvalue weighted by Crippen LogP contribution is 2.13. The molecule has 0 radical (unpaired) electrons. The lowest BCUT2D eigenvalue weighted by atomic mass is 10.1. The summed E-state index contributed by atoms with van der Waals surface area (Å²) in [4.78, 5) is 9.99. The van der Waals surface area contributed by atoms with E-state index < -0.39 is 0 Å². The van der Waals surface area contributed by atoms with Crippen LogP contribution in [0.3, 0.4) is 0 Å². The van der Waals surface area contributed by atoms with Crippen LogP contribution in [-0.4, -0.2) is 18.0 Å². The lowest BCUT2D eigenvalue weighted by Gasteiger charge is -2.12. The maximum absolute atomic E-state index is 4.41. The molecule has 0 amide bonds. The summed E-state index contributed by atoms with van der Waals surface area (Å²) in [7, 11) is 1.79. The number of benzene rings is 1.